The van der Waals surface area contributed by atoms with Crippen LogP contribution in [0.2, 0.25) is 0 Å². The average Bonchev–Trinajstić information content (AvgIpc) is 2.78. The minimum Gasteiger partial charge on any atom is -0.334 e. The van der Waals surface area contributed by atoms with Crippen molar-refractivity contribution >= 4 is 23.7 Å². The van der Waals surface area contributed by atoms with E-state index in [1.807, 2.05) is 6.07 Å². The summed E-state index contributed by atoms with van der Waals surface area (Å²) in [5, 5.41) is 5.30. The zero-order valence-corrected chi connectivity index (χ0v) is 18.1. The number of halogens is 6. The second-order valence-electron chi connectivity index (χ2n) is 6.98. The van der Waals surface area contributed by atoms with Crippen molar-refractivity contribution in [1.82, 2.24) is 15.0 Å². The molecule has 0 bridgehead atoms. The van der Waals surface area contributed by atoms with Crippen LogP contribution in [0, 0.1) is 0 Å². The standard InChI is InChI=1S/C22H18F6N4OS/c23-21(24,25)16-3-8-19(22(26,27)28)15(10-16)13-31-34-18-6-4-17(5-7-18)32-20(33)30-12-14-2-1-9-29-11-14/h1-11,31H,12-13H2,(H2,30,32,33). The Morgan fingerprint density at radius 2 is 1.65 bits per heavy atom. The molecule has 0 aliphatic heterocycles. The number of amides is 2. The number of nitrogens with one attached hydrogen (secondary N) is 3. The molecule has 0 atom stereocenters. The second-order valence-corrected chi connectivity index (χ2v) is 7.95. The molecule has 3 aromatic rings. The number of aromatic nitrogens is 1. The average molecular weight is 500 g/mol. The maximum atomic E-state index is 13.2. The zero-order valence-electron chi connectivity index (χ0n) is 17.3. The van der Waals surface area contributed by atoms with Gasteiger partial charge < -0.3 is 10.6 Å². The monoisotopic (exact) mass is 500 g/mol. The third-order valence-electron chi connectivity index (χ3n) is 4.48. The highest BCUT2D eigenvalue weighted by molar-refractivity contribution is 7.97. The van der Waals surface area contributed by atoms with Gasteiger partial charge >= 0.3 is 18.4 Å². The number of pyridine rings is 1. The van der Waals surface area contributed by atoms with Crippen molar-refractivity contribution in [2.45, 2.75) is 30.3 Å². The number of nitrogens with zero attached hydrogens (tertiary/aromatic N) is 1. The van der Waals surface area contributed by atoms with E-state index in [2.05, 4.69) is 20.3 Å². The van der Waals surface area contributed by atoms with Crippen molar-refractivity contribution in [3.05, 3.63) is 89.2 Å². The summed E-state index contributed by atoms with van der Waals surface area (Å²) in [7, 11) is 0. The van der Waals surface area contributed by atoms with Gasteiger partial charge in [-0.2, -0.15) is 26.3 Å². The largest absolute Gasteiger partial charge is 0.416 e. The topological polar surface area (TPSA) is 66.0 Å². The van der Waals surface area contributed by atoms with Crippen LogP contribution in [0.3, 0.4) is 0 Å². The molecular formula is C22H18F6N4OS. The van der Waals surface area contributed by atoms with Gasteiger partial charge in [-0.1, -0.05) is 6.07 Å². The van der Waals surface area contributed by atoms with Gasteiger partial charge in [-0.15, -0.1) is 0 Å². The number of hydrogen-bond donors (Lipinski definition) is 3. The Hall–Kier alpha value is -3.25. The fraction of sp³-hybridized carbons (Fsp3) is 0.182. The highest BCUT2D eigenvalue weighted by Gasteiger charge is 2.36. The summed E-state index contributed by atoms with van der Waals surface area (Å²) in [6.45, 7) is -0.160. The highest BCUT2D eigenvalue weighted by atomic mass is 32.2. The number of hydrogen-bond acceptors (Lipinski definition) is 4. The second kappa shape index (κ2) is 10.8. The van der Waals surface area contributed by atoms with Gasteiger partial charge in [0.25, 0.3) is 0 Å². The van der Waals surface area contributed by atoms with Crippen LogP contribution in [0.4, 0.5) is 36.8 Å². The molecule has 0 saturated carbocycles. The molecule has 2 amide bonds. The van der Waals surface area contributed by atoms with Crippen LogP contribution in [0.25, 0.3) is 0 Å². The van der Waals surface area contributed by atoms with E-state index in [1.165, 1.54) is 0 Å². The first-order chi connectivity index (χ1) is 16.0. The summed E-state index contributed by atoms with van der Waals surface area (Å²) in [6.07, 6.45) is -6.29. The number of carbonyl (C=O) groups is 1. The maximum Gasteiger partial charge on any atom is 0.416 e. The smallest absolute Gasteiger partial charge is 0.334 e. The molecule has 3 rings (SSSR count). The van der Waals surface area contributed by atoms with E-state index in [-0.39, 0.29) is 6.54 Å². The molecule has 2 aromatic carbocycles. The molecule has 12 heteroatoms. The minimum absolute atomic E-state index is 0.285. The van der Waals surface area contributed by atoms with Crippen molar-refractivity contribution in [3.63, 3.8) is 0 Å². The third-order valence-corrected chi connectivity index (χ3v) is 5.28. The lowest BCUT2D eigenvalue weighted by atomic mass is 10.0. The number of rotatable bonds is 7. The molecule has 5 nitrogen and oxygen atoms in total. The molecule has 0 aliphatic rings. The molecule has 0 saturated heterocycles. The molecular weight excluding hydrogens is 482 g/mol. The summed E-state index contributed by atoms with van der Waals surface area (Å²) < 4.78 is 80.9. The van der Waals surface area contributed by atoms with Crippen LogP contribution < -0.4 is 15.4 Å². The number of benzene rings is 2. The third kappa shape index (κ3) is 7.39. The number of carbonyl (C=O) groups excluding carboxylic acids is 1. The van der Waals surface area contributed by atoms with Gasteiger partial charge in [0.1, 0.15) is 0 Å². The lowest BCUT2D eigenvalue weighted by molar-refractivity contribution is -0.141. The molecule has 34 heavy (non-hydrogen) atoms. The van der Waals surface area contributed by atoms with Gasteiger partial charge in [0.05, 0.1) is 11.1 Å². The van der Waals surface area contributed by atoms with Crippen LogP contribution in [0.1, 0.15) is 22.3 Å². The lowest BCUT2D eigenvalue weighted by Gasteiger charge is -2.16. The van der Waals surface area contributed by atoms with Gasteiger partial charge in [0.2, 0.25) is 0 Å². The van der Waals surface area contributed by atoms with E-state index in [9.17, 15) is 31.1 Å². The van der Waals surface area contributed by atoms with Crippen LogP contribution >= 0.6 is 11.9 Å². The highest BCUT2D eigenvalue weighted by Crippen LogP contribution is 2.36. The van der Waals surface area contributed by atoms with Crippen LogP contribution in [0.15, 0.2) is 71.9 Å². The molecule has 0 unspecified atom stereocenters. The maximum absolute atomic E-state index is 13.2. The van der Waals surface area contributed by atoms with Crippen LogP contribution in [-0.4, -0.2) is 11.0 Å². The SMILES string of the molecule is O=C(NCc1cccnc1)Nc1ccc(SNCc2cc(C(F)(F)F)ccc2C(F)(F)F)cc1. The molecule has 3 N–H and O–H groups in total. The summed E-state index contributed by atoms with van der Waals surface area (Å²) >= 11 is 0.949. The van der Waals surface area contributed by atoms with Crippen molar-refractivity contribution in [3.8, 4) is 0 Å². The number of urea groups is 1. The minimum atomic E-state index is -4.78. The zero-order chi connectivity index (χ0) is 24.8. The number of anilines is 1. The molecule has 0 radical (unpaired) electrons. The Morgan fingerprint density at radius 3 is 2.26 bits per heavy atom. The first-order valence-corrected chi connectivity index (χ1v) is 10.5. The first-order valence-electron chi connectivity index (χ1n) is 9.73. The summed E-state index contributed by atoms with van der Waals surface area (Å²) in [4.78, 5) is 16.5. The van der Waals surface area contributed by atoms with E-state index < -0.39 is 41.6 Å². The fourth-order valence-electron chi connectivity index (χ4n) is 2.86. The predicted molar refractivity (Wildman–Crippen MR) is 116 cm³/mol. The van der Waals surface area contributed by atoms with Crippen LogP contribution in [0.5, 0.6) is 0 Å². The van der Waals surface area contributed by atoms with Crippen molar-refractivity contribution in [2.24, 2.45) is 0 Å². The van der Waals surface area contributed by atoms with E-state index in [1.54, 1.807) is 42.7 Å². The Morgan fingerprint density at radius 1 is 0.912 bits per heavy atom. The van der Waals surface area contributed by atoms with Gasteiger partial charge in [0, 0.05) is 36.1 Å². The molecule has 180 valence electrons. The molecule has 1 aromatic heterocycles. The van der Waals surface area contributed by atoms with Crippen molar-refractivity contribution in [1.29, 1.82) is 0 Å². The van der Waals surface area contributed by atoms with E-state index in [0.29, 0.717) is 28.8 Å². The summed E-state index contributed by atoms with van der Waals surface area (Å²) in [5.74, 6) is 0. The lowest BCUT2D eigenvalue weighted by Crippen LogP contribution is -2.28. The Kier molecular flexibility index (Phi) is 8.05. The quantitative estimate of drug-likeness (QED) is 0.266. The van der Waals surface area contributed by atoms with Crippen LogP contribution in [-0.2, 0) is 25.4 Å². The van der Waals surface area contributed by atoms with Crippen molar-refractivity contribution in [2.75, 3.05) is 5.32 Å². The molecule has 0 aliphatic carbocycles. The summed E-state index contributed by atoms with van der Waals surface area (Å²) in [6, 6.07) is 10.8. The van der Waals surface area contributed by atoms with E-state index >= 15 is 0 Å². The normalized spacial score (nSPS) is 11.8. The Labute approximate surface area is 195 Å². The molecule has 1 heterocycles. The fourth-order valence-corrected chi connectivity index (χ4v) is 3.52. The van der Waals surface area contributed by atoms with E-state index in [0.717, 1.165) is 17.5 Å². The molecule has 0 spiro atoms. The number of alkyl halides is 6. The molecule has 0 fully saturated rings. The van der Waals surface area contributed by atoms with Gasteiger partial charge in [-0.3, -0.25) is 9.71 Å². The van der Waals surface area contributed by atoms with Crippen molar-refractivity contribution < 1.29 is 31.1 Å². The van der Waals surface area contributed by atoms with Gasteiger partial charge in [-0.25, -0.2) is 4.79 Å². The Bertz CT molecular complexity index is 1110. The van der Waals surface area contributed by atoms with Gasteiger partial charge in [0.15, 0.2) is 0 Å². The first kappa shape index (κ1) is 25.4. The predicted octanol–water partition coefficient (Wildman–Crippen LogP) is 6.24. The van der Waals surface area contributed by atoms with Gasteiger partial charge in [-0.05, 0) is 71.6 Å². The van der Waals surface area contributed by atoms with E-state index in [4.69, 9.17) is 0 Å². The summed E-state index contributed by atoms with van der Waals surface area (Å²) in [5.41, 5.74) is -1.50. The Balaban J connectivity index is 1.55.